The van der Waals surface area contributed by atoms with Gasteiger partial charge in [-0.25, -0.2) is 4.79 Å². The van der Waals surface area contributed by atoms with Crippen LogP contribution in [0.3, 0.4) is 0 Å². The van der Waals surface area contributed by atoms with Crippen molar-refractivity contribution in [1.29, 1.82) is 0 Å². The first-order valence-electron chi connectivity index (χ1n) is 11.0. The van der Waals surface area contributed by atoms with E-state index in [0.717, 1.165) is 28.5 Å². The van der Waals surface area contributed by atoms with Gasteiger partial charge in [0.25, 0.3) is 0 Å². The maximum atomic E-state index is 13.1. The molecular formula is C25H28N2O6S. The summed E-state index contributed by atoms with van der Waals surface area (Å²) in [5.41, 5.74) is 2.61. The predicted octanol–water partition coefficient (Wildman–Crippen LogP) is 2.82. The Labute approximate surface area is 202 Å². The monoisotopic (exact) mass is 484 g/mol. The lowest BCUT2D eigenvalue weighted by Gasteiger charge is -2.30. The number of nitrogens with one attached hydrogen (secondary N) is 1. The molecule has 1 aliphatic heterocycles. The molecule has 1 heterocycles. The Morgan fingerprint density at radius 3 is 2.38 bits per heavy atom. The highest BCUT2D eigenvalue weighted by molar-refractivity contribution is 8.14. The highest BCUT2D eigenvalue weighted by Crippen LogP contribution is 2.37. The fourth-order valence-electron chi connectivity index (χ4n) is 4.27. The average molecular weight is 485 g/mol. The van der Waals surface area contributed by atoms with Gasteiger partial charge in [0, 0.05) is 6.92 Å². The molecule has 0 spiro atoms. The fourth-order valence-corrected chi connectivity index (χ4v) is 5.14. The first kappa shape index (κ1) is 25.3. The number of aryl methyl sites for hydroxylation is 1. The topological polar surface area (TPSA) is 124 Å². The summed E-state index contributed by atoms with van der Waals surface area (Å²) in [6.45, 7) is 2.91. The van der Waals surface area contributed by atoms with Crippen LogP contribution in [0.1, 0.15) is 42.5 Å². The van der Waals surface area contributed by atoms with E-state index in [1.807, 2.05) is 31.2 Å². The Kier molecular flexibility index (Phi) is 8.33. The van der Waals surface area contributed by atoms with E-state index >= 15 is 0 Å². The van der Waals surface area contributed by atoms with Crippen LogP contribution in [0.2, 0.25) is 0 Å². The molecule has 2 unspecified atom stereocenters. The third-order valence-electron chi connectivity index (χ3n) is 5.88. The second-order valence-electron chi connectivity index (χ2n) is 8.29. The average Bonchev–Trinajstić information content (AvgIpc) is 3.23. The summed E-state index contributed by atoms with van der Waals surface area (Å²) in [5.74, 6) is -1.95. The van der Waals surface area contributed by atoms with Crippen LogP contribution in [0.4, 0.5) is 0 Å². The molecule has 34 heavy (non-hydrogen) atoms. The van der Waals surface area contributed by atoms with E-state index in [-0.39, 0.29) is 29.9 Å². The predicted molar refractivity (Wildman–Crippen MR) is 128 cm³/mol. The molecule has 3 atom stereocenters. The number of amides is 2. The fraction of sp³-hybridized carbons (Fsp3) is 0.360. The number of carboxylic acid groups (broad SMARTS) is 1. The van der Waals surface area contributed by atoms with Crippen molar-refractivity contribution >= 4 is 34.7 Å². The number of benzene rings is 2. The van der Waals surface area contributed by atoms with Gasteiger partial charge in [0.2, 0.25) is 11.8 Å². The molecule has 1 aliphatic rings. The number of likely N-dealkylation sites (tertiary alicyclic amines) is 1. The second-order valence-corrected chi connectivity index (χ2v) is 9.67. The van der Waals surface area contributed by atoms with E-state index in [9.17, 15) is 29.4 Å². The van der Waals surface area contributed by atoms with Crippen LogP contribution in [0.25, 0.3) is 0 Å². The third kappa shape index (κ3) is 6.17. The van der Waals surface area contributed by atoms with Crippen molar-refractivity contribution in [1.82, 2.24) is 10.2 Å². The highest BCUT2D eigenvalue weighted by Gasteiger charge is 2.42. The van der Waals surface area contributed by atoms with Crippen LogP contribution in [-0.2, 0) is 25.6 Å². The molecular weight excluding hydrogens is 456 g/mol. The number of aromatic hydroxyl groups is 1. The molecule has 0 saturated carbocycles. The normalized spacial score (nSPS) is 18.4. The third-order valence-corrected chi connectivity index (χ3v) is 6.87. The Morgan fingerprint density at radius 1 is 1.09 bits per heavy atom. The zero-order valence-electron chi connectivity index (χ0n) is 19.1. The minimum atomic E-state index is -1.08. The number of phenols is 1. The maximum absolute atomic E-state index is 13.1. The summed E-state index contributed by atoms with van der Waals surface area (Å²) in [6.07, 6.45) is 1.08. The van der Waals surface area contributed by atoms with Crippen LogP contribution < -0.4 is 5.32 Å². The molecule has 9 heteroatoms. The van der Waals surface area contributed by atoms with E-state index in [1.54, 1.807) is 12.1 Å². The molecule has 2 aromatic rings. The van der Waals surface area contributed by atoms with Crippen molar-refractivity contribution < 1.29 is 29.4 Å². The molecule has 0 aromatic heterocycles. The molecule has 2 aromatic carbocycles. The smallest absolute Gasteiger partial charge is 0.326 e. The van der Waals surface area contributed by atoms with Crippen molar-refractivity contribution in [2.75, 3.05) is 6.54 Å². The van der Waals surface area contributed by atoms with E-state index < -0.39 is 29.1 Å². The number of rotatable bonds is 8. The number of carbonyl (C=O) groups is 4. The van der Waals surface area contributed by atoms with Crippen LogP contribution in [0.15, 0.2) is 48.5 Å². The van der Waals surface area contributed by atoms with E-state index in [1.165, 1.54) is 24.0 Å². The molecule has 8 nitrogen and oxygen atoms in total. The maximum Gasteiger partial charge on any atom is 0.326 e. The zero-order valence-corrected chi connectivity index (χ0v) is 19.9. The van der Waals surface area contributed by atoms with Gasteiger partial charge in [0.05, 0.1) is 17.8 Å². The van der Waals surface area contributed by atoms with Crippen LogP contribution >= 0.6 is 11.8 Å². The number of hydrogen-bond donors (Lipinski definition) is 3. The molecule has 3 rings (SSSR count). The lowest BCUT2D eigenvalue weighted by atomic mass is 9.99. The SMILES string of the molecule is CC(=O)SC(Cc1ccc(O)cc1)C(=O)NCC(=O)N1C(c2ccccc2C)CC[C@H]1C(=O)O. The van der Waals surface area contributed by atoms with Gasteiger partial charge in [-0.1, -0.05) is 48.2 Å². The molecule has 0 radical (unpaired) electrons. The minimum absolute atomic E-state index is 0.0939. The molecule has 3 N–H and O–H groups in total. The Hall–Kier alpha value is -3.33. The van der Waals surface area contributed by atoms with E-state index in [2.05, 4.69) is 5.32 Å². The number of hydrogen-bond acceptors (Lipinski definition) is 6. The van der Waals surface area contributed by atoms with Crippen LogP contribution in [0.5, 0.6) is 5.75 Å². The van der Waals surface area contributed by atoms with Crippen LogP contribution in [-0.4, -0.2) is 55.8 Å². The second kappa shape index (κ2) is 11.2. The zero-order chi connectivity index (χ0) is 24.8. The first-order valence-corrected chi connectivity index (χ1v) is 11.9. The van der Waals surface area contributed by atoms with Gasteiger partial charge in [-0.15, -0.1) is 0 Å². The number of aliphatic carboxylic acids is 1. The Bertz CT molecular complexity index is 1070. The van der Waals surface area contributed by atoms with Crippen molar-refractivity contribution in [2.24, 2.45) is 0 Å². The number of thioether (sulfide) groups is 1. The minimum Gasteiger partial charge on any atom is -0.508 e. The quantitative estimate of drug-likeness (QED) is 0.526. The highest BCUT2D eigenvalue weighted by atomic mass is 32.2. The summed E-state index contributed by atoms with van der Waals surface area (Å²) >= 11 is 0.863. The summed E-state index contributed by atoms with van der Waals surface area (Å²) in [4.78, 5) is 50.9. The number of phenolic OH excluding ortho intramolecular Hbond substituents is 1. The Balaban J connectivity index is 1.72. The van der Waals surface area contributed by atoms with Gasteiger partial charge in [-0.05, 0) is 55.0 Å². The van der Waals surface area contributed by atoms with Crippen molar-refractivity contribution in [3.8, 4) is 5.75 Å². The van der Waals surface area contributed by atoms with Gasteiger partial charge < -0.3 is 20.4 Å². The van der Waals surface area contributed by atoms with E-state index in [4.69, 9.17) is 0 Å². The van der Waals surface area contributed by atoms with Crippen molar-refractivity contribution in [3.63, 3.8) is 0 Å². The van der Waals surface area contributed by atoms with Crippen molar-refractivity contribution in [2.45, 2.75) is 50.4 Å². The van der Waals surface area contributed by atoms with Gasteiger partial charge in [-0.3, -0.25) is 14.4 Å². The van der Waals surface area contributed by atoms with Crippen LogP contribution in [0, 0.1) is 6.92 Å². The molecule has 1 fully saturated rings. The van der Waals surface area contributed by atoms with Crippen molar-refractivity contribution in [3.05, 3.63) is 65.2 Å². The summed E-state index contributed by atoms with van der Waals surface area (Å²) < 4.78 is 0. The number of carbonyl (C=O) groups excluding carboxylic acids is 3. The van der Waals surface area contributed by atoms with Gasteiger partial charge in [-0.2, -0.15) is 0 Å². The molecule has 180 valence electrons. The first-order chi connectivity index (χ1) is 16.2. The number of nitrogens with zero attached hydrogens (tertiary/aromatic N) is 1. The summed E-state index contributed by atoms with van der Waals surface area (Å²) in [7, 11) is 0. The number of carboxylic acids is 1. The molecule has 1 saturated heterocycles. The van der Waals surface area contributed by atoms with Gasteiger partial charge in [0.1, 0.15) is 11.8 Å². The molecule has 2 amide bonds. The molecule has 0 bridgehead atoms. The van der Waals surface area contributed by atoms with Gasteiger partial charge >= 0.3 is 5.97 Å². The van der Waals surface area contributed by atoms with Gasteiger partial charge in [0.15, 0.2) is 5.12 Å². The lowest BCUT2D eigenvalue weighted by molar-refractivity contribution is -0.149. The lowest BCUT2D eigenvalue weighted by Crippen LogP contribution is -2.48. The standard InChI is InChI=1S/C25H28N2O6S/c1-15-5-3-4-6-19(15)20-11-12-21(25(32)33)27(20)23(30)14-26-24(31)22(34-16(2)28)13-17-7-9-18(29)10-8-17/h3-10,20-22,29H,11-14H2,1-2H3,(H,26,31)(H,32,33)/t20?,21-,22?/m0/s1. The summed E-state index contributed by atoms with van der Waals surface area (Å²) in [6, 6.07) is 12.5. The molecule has 0 aliphatic carbocycles. The summed E-state index contributed by atoms with van der Waals surface area (Å²) in [5, 5.41) is 20.7. The largest absolute Gasteiger partial charge is 0.508 e. The van der Waals surface area contributed by atoms with E-state index in [0.29, 0.717) is 12.8 Å². The Morgan fingerprint density at radius 2 is 1.76 bits per heavy atom.